The van der Waals surface area contributed by atoms with Crippen LogP contribution in [0.3, 0.4) is 0 Å². The van der Waals surface area contributed by atoms with Gasteiger partial charge in [0.25, 0.3) is 5.91 Å². The summed E-state index contributed by atoms with van der Waals surface area (Å²) in [6.07, 6.45) is 6.12. The molecule has 1 fully saturated rings. The summed E-state index contributed by atoms with van der Waals surface area (Å²) in [7, 11) is 1.92. The van der Waals surface area contributed by atoms with Crippen LogP contribution in [0, 0.1) is 0 Å². The zero-order chi connectivity index (χ0) is 18.6. The number of thioether (sulfide) groups is 1. The molecule has 0 spiro atoms. The van der Waals surface area contributed by atoms with E-state index in [1.807, 2.05) is 65.0 Å². The van der Waals surface area contributed by atoms with Gasteiger partial charge in [-0.3, -0.25) is 4.79 Å². The van der Waals surface area contributed by atoms with Gasteiger partial charge in [-0.05, 0) is 62.3 Å². The van der Waals surface area contributed by atoms with E-state index in [4.69, 9.17) is 0 Å². The second-order valence-corrected chi connectivity index (χ2v) is 7.96. The Morgan fingerprint density at radius 3 is 2.59 bits per heavy atom. The Morgan fingerprint density at radius 1 is 1.17 bits per heavy atom. The molecule has 8 heteroatoms. The van der Waals surface area contributed by atoms with Crippen LogP contribution in [0.15, 0.2) is 59.8 Å². The van der Waals surface area contributed by atoms with E-state index >= 15 is 0 Å². The third-order valence-corrected chi connectivity index (χ3v) is 6.12. The van der Waals surface area contributed by atoms with Gasteiger partial charge in [0.15, 0.2) is 0 Å². The first-order valence-electron chi connectivity index (χ1n) is 9.34. The minimum atomic E-state index is 0. The zero-order valence-electron chi connectivity index (χ0n) is 16.3. The van der Waals surface area contributed by atoms with Gasteiger partial charge in [0.1, 0.15) is 5.65 Å². The van der Waals surface area contributed by atoms with Gasteiger partial charge in [-0.1, -0.05) is 6.07 Å². The zero-order valence-corrected chi connectivity index (χ0v) is 18.7. The van der Waals surface area contributed by atoms with Crippen molar-refractivity contribution in [1.82, 2.24) is 19.6 Å². The molecule has 156 valence electrons. The Kier molecular flexibility index (Phi) is 8.83. The highest BCUT2D eigenvalue weighted by atomic mass is 35.5. The molecule has 5 nitrogen and oxygen atoms in total. The molecule has 29 heavy (non-hydrogen) atoms. The van der Waals surface area contributed by atoms with E-state index < -0.39 is 0 Å². The van der Waals surface area contributed by atoms with Crippen molar-refractivity contribution in [3.05, 3.63) is 66.1 Å². The molecule has 0 saturated carbocycles. The first-order chi connectivity index (χ1) is 13.2. The minimum Gasteiger partial charge on any atom is -0.339 e. The summed E-state index contributed by atoms with van der Waals surface area (Å²) in [4.78, 5) is 20.4. The van der Waals surface area contributed by atoms with Crippen molar-refractivity contribution in [2.75, 3.05) is 20.1 Å². The van der Waals surface area contributed by atoms with E-state index in [0.717, 1.165) is 53.5 Å². The second-order valence-electron chi connectivity index (χ2n) is 6.91. The lowest BCUT2D eigenvalue weighted by Gasteiger charge is -2.31. The number of imidazole rings is 1. The molecular formula is C21H26Cl2N4OS. The Labute approximate surface area is 188 Å². The molecule has 1 aliphatic rings. The number of nitrogens with one attached hydrogen (secondary N) is 1. The van der Waals surface area contributed by atoms with Crippen molar-refractivity contribution in [2.45, 2.75) is 29.5 Å². The molecule has 4 rings (SSSR count). The average Bonchev–Trinajstić information content (AvgIpc) is 3.15. The maximum Gasteiger partial charge on any atom is 0.253 e. The van der Waals surface area contributed by atoms with E-state index in [2.05, 4.69) is 16.5 Å². The number of halogens is 2. The smallest absolute Gasteiger partial charge is 0.253 e. The molecule has 1 amide bonds. The van der Waals surface area contributed by atoms with Crippen molar-refractivity contribution in [1.29, 1.82) is 0 Å². The Hall–Kier alpha value is -1.73. The van der Waals surface area contributed by atoms with Gasteiger partial charge in [0.05, 0.1) is 5.69 Å². The largest absolute Gasteiger partial charge is 0.339 e. The molecule has 0 bridgehead atoms. The van der Waals surface area contributed by atoms with E-state index in [0.29, 0.717) is 6.04 Å². The van der Waals surface area contributed by atoms with E-state index in [9.17, 15) is 4.79 Å². The van der Waals surface area contributed by atoms with Crippen LogP contribution in [-0.4, -0.2) is 46.4 Å². The van der Waals surface area contributed by atoms with Crippen LogP contribution in [0.5, 0.6) is 0 Å². The van der Waals surface area contributed by atoms with Crippen molar-refractivity contribution in [3.8, 4) is 0 Å². The van der Waals surface area contributed by atoms with E-state index in [1.165, 1.54) is 0 Å². The molecule has 3 aromatic rings. The average molecular weight is 453 g/mol. The standard InChI is InChI=1S/C21H24N4OS.2ClH/c1-24(18-9-11-22-12-10-18)21(26)16-5-7-19(8-6-16)27-15-17-14-25-13-3-2-4-20(25)23-17;;/h2-8,13-14,18,22H,9-12,15H2,1H3;2*1H. The lowest BCUT2D eigenvalue weighted by molar-refractivity contribution is 0.0703. The van der Waals surface area contributed by atoms with Gasteiger partial charge in [0, 0.05) is 41.7 Å². The molecular weight excluding hydrogens is 427 g/mol. The fraction of sp³-hybridized carbons (Fsp3) is 0.333. The fourth-order valence-electron chi connectivity index (χ4n) is 3.47. The monoisotopic (exact) mass is 452 g/mol. The third-order valence-electron chi connectivity index (χ3n) is 5.08. The summed E-state index contributed by atoms with van der Waals surface area (Å²) in [5, 5.41) is 3.34. The summed E-state index contributed by atoms with van der Waals surface area (Å²) in [5.41, 5.74) is 2.78. The number of fused-ring (bicyclic) bond motifs is 1. The van der Waals surface area contributed by atoms with Crippen LogP contribution >= 0.6 is 36.6 Å². The number of nitrogens with zero attached hydrogens (tertiary/aromatic N) is 3. The van der Waals surface area contributed by atoms with Crippen molar-refractivity contribution >= 4 is 48.1 Å². The van der Waals surface area contributed by atoms with E-state index in [1.54, 1.807) is 11.8 Å². The van der Waals surface area contributed by atoms with Crippen LogP contribution in [0.25, 0.3) is 5.65 Å². The van der Waals surface area contributed by atoms with E-state index in [-0.39, 0.29) is 30.7 Å². The number of benzene rings is 1. The van der Waals surface area contributed by atoms with Gasteiger partial charge >= 0.3 is 0 Å². The number of carbonyl (C=O) groups excluding carboxylic acids is 1. The molecule has 0 atom stereocenters. The molecule has 0 aliphatic carbocycles. The van der Waals surface area contributed by atoms with Crippen LogP contribution in [0.2, 0.25) is 0 Å². The number of hydrogen-bond acceptors (Lipinski definition) is 4. The number of aromatic nitrogens is 2. The highest BCUT2D eigenvalue weighted by Gasteiger charge is 2.22. The van der Waals surface area contributed by atoms with Gasteiger partial charge in [-0.25, -0.2) is 4.98 Å². The third kappa shape index (κ3) is 5.66. The van der Waals surface area contributed by atoms with Gasteiger partial charge in [-0.15, -0.1) is 36.6 Å². The molecule has 1 aliphatic heterocycles. The van der Waals surface area contributed by atoms with Gasteiger partial charge < -0.3 is 14.6 Å². The maximum absolute atomic E-state index is 12.7. The maximum atomic E-state index is 12.7. The Bertz CT molecular complexity index is 893. The molecule has 1 aromatic carbocycles. The van der Waals surface area contributed by atoms with Crippen LogP contribution < -0.4 is 5.32 Å². The summed E-state index contributed by atoms with van der Waals surface area (Å²) in [6, 6.07) is 14.3. The number of rotatable bonds is 5. The number of pyridine rings is 1. The molecule has 3 heterocycles. The first kappa shape index (κ1) is 23.5. The highest BCUT2D eigenvalue weighted by Crippen LogP contribution is 2.24. The summed E-state index contributed by atoms with van der Waals surface area (Å²) < 4.78 is 2.04. The lowest BCUT2D eigenvalue weighted by atomic mass is 10.0. The van der Waals surface area contributed by atoms with Crippen molar-refractivity contribution < 1.29 is 4.79 Å². The number of amides is 1. The number of carbonyl (C=O) groups is 1. The minimum absolute atomic E-state index is 0. The Balaban J connectivity index is 0.00000150. The van der Waals surface area contributed by atoms with Gasteiger partial charge in [-0.2, -0.15) is 0 Å². The summed E-state index contributed by atoms with van der Waals surface area (Å²) in [6.45, 7) is 1.97. The van der Waals surface area contributed by atoms with Crippen molar-refractivity contribution in [3.63, 3.8) is 0 Å². The normalized spacial score (nSPS) is 14.1. The number of piperidine rings is 1. The lowest BCUT2D eigenvalue weighted by Crippen LogP contribution is -2.43. The molecule has 1 saturated heterocycles. The van der Waals surface area contributed by atoms with Crippen LogP contribution in [-0.2, 0) is 5.75 Å². The van der Waals surface area contributed by atoms with Crippen LogP contribution in [0.1, 0.15) is 28.9 Å². The molecule has 2 aromatic heterocycles. The van der Waals surface area contributed by atoms with Gasteiger partial charge in [0.2, 0.25) is 0 Å². The first-order valence-corrected chi connectivity index (χ1v) is 10.3. The topological polar surface area (TPSA) is 49.6 Å². The van der Waals surface area contributed by atoms with Crippen molar-refractivity contribution in [2.24, 2.45) is 0 Å². The highest BCUT2D eigenvalue weighted by molar-refractivity contribution is 7.98. The molecule has 1 N–H and O–H groups in total. The Morgan fingerprint density at radius 2 is 1.90 bits per heavy atom. The fourth-order valence-corrected chi connectivity index (χ4v) is 4.25. The second kappa shape index (κ2) is 10.9. The molecule has 0 radical (unpaired) electrons. The SMILES string of the molecule is CN(C(=O)c1ccc(SCc2cn3ccccc3n2)cc1)C1CCNCC1.Cl.Cl. The predicted molar refractivity (Wildman–Crippen MR) is 124 cm³/mol. The number of hydrogen-bond donors (Lipinski definition) is 1. The van der Waals surface area contributed by atoms with Crippen LogP contribution in [0.4, 0.5) is 0 Å². The summed E-state index contributed by atoms with van der Waals surface area (Å²) >= 11 is 1.74. The quantitative estimate of drug-likeness (QED) is 0.586. The predicted octanol–water partition coefficient (Wildman–Crippen LogP) is 4.29. The molecule has 0 unspecified atom stereocenters. The summed E-state index contributed by atoms with van der Waals surface area (Å²) in [5.74, 6) is 0.919.